The number of likely N-dealkylation sites (tertiary alicyclic amines) is 1. The maximum absolute atomic E-state index is 13.0. The van der Waals surface area contributed by atoms with E-state index in [-0.39, 0.29) is 24.7 Å². The van der Waals surface area contributed by atoms with Crippen LogP contribution >= 0.6 is 0 Å². The molecule has 2 aromatic rings. The maximum atomic E-state index is 13.0. The Morgan fingerprint density at radius 3 is 2.69 bits per heavy atom. The third kappa shape index (κ3) is 5.32. The Balaban J connectivity index is 1.59. The fraction of sp³-hybridized carbons (Fsp3) is 0.448. The molecule has 2 fully saturated rings. The summed E-state index contributed by atoms with van der Waals surface area (Å²) in [5, 5.41) is 12.1. The van der Waals surface area contributed by atoms with Gasteiger partial charge in [-0.1, -0.05) is 48.5 Å². The average Bonchev–Trinajstić information content (AvgIpc) is 2.87. The van der Waals surface area contributed by atoms with Gasteiger partial charge in [0, 0.05) is 38.5 Å². The molecule has 1 amide bonds. The largest absolute Gasteiger partial charge is 0.445 e. The number of ether oxygens (including phenoxy) is 2. The molecule has 1 N–H and O–H groups in total. The van der Waals surface area contributed by atoms with Crippen molar-refractivity contribution < 1.29 is 24.2 Å². The van der Waals surface area contributed by atoms with E-state index < -0.39 is 11.0 Å². The normalized spacial score (nSPS) is 25.9. The van der Waals surface area contributed by atoms with Gasteiger partial charge in [0.15, 0.2) is 0 Å². The van der Waals surface area contributed by atoms with Crippen LogP contribution in [0.3, 0.4) is 0 Å². The summed E-state index contributed by atoms with van der Waals surface area (Å²) in [6.07, 6.45) is 4.00. The molecule has 7 heteroatoms. The van der Waals surface area contributed by atoms with Crippen LogP contribution in [0.25, 0.3) is 0 Å². The average molecular weight is 493 g/mol. The first-order chi connectivity index (χ1) is 17.3. The minimum Gasteiger partial charge on any atom is -0.445 e. The molecule has 0 radical (unpaired) electrons. The lowest BCUT2D eigenvalue weighted by Crippen LogP contribution is -2.67. The molecule has 1 saturated carbocycles. The van der Waals surface area contributed by atoms with E-state index in [4.69, 9.17) is 9.47 Å². The second-order valence-corrected chi connectivity index (χ2v) is 10.1. The van der Waals surface area contributed by atoms with Gasteiger partial charge in [0.25, 0.3) is 0 Å². The van der Waals surface area contributed by atoms with Gasteiger partial charge >= 0.3 is 12.1 Å². The molecule has 2 aliphatic rings. The van der Waals surface area contributed by atoms with Crippen molar-refractivity contribution in [2.45, 2.75) is 56.3 Å². The van der Waals surface area contributed by atoms with Crippen molar-refractivity contribution in [3.8, 4) is 5.75 Å². The second kappa shape index (κ2) is 10.8. The summed E-state index contributed by atoms with van der Waals surface area (Å²) in [6.45, 7) is 7.47. The fourth-order valence-electron chi connectivity index (χ4n) is 5.90. The molecule has 3 atom stereocenters. The number of carbonyl (C=O) groups is 2. The molecule has 36 heavy (non-hydrogen) atoms. The van der Waals surface area contributed by atoms with Crippen LogP contribution in [0.4, 0.5) is 4.79 Å². The van der Waals surface area contributed by atoms with Crippen LogP contribution in [0, 0.1) is 0 Å². The minimum absolute atomic E-state index is 0.100. The fourth-order valence-corrected chi connectivity index (χ4v) is 5.90. The predicted octanol–water partition coefficient (Wildman–Crippen LogP) is 4.29. The minimum atomic E-state index is -0.992. The number of aliphatic hydroxyl groups is 1. The Bertz CT molecular complexity index is 1090. The summed E-state index contributed by atoms with van der Waals surface area (Å²) in [4.78, 5) is 28.5. The summed E-state index contributed by atoms with van der Waals surface area (Å²) < 4.78 is 11.0. The topological polar surface area (TPSA) is 79.3 Å². The van der Waals surface area contributed by atoms with Gasteiger partial charge in [0.05, 0.1) is 5.60 Å². The Kier molecular flexibility index (Phi) is 7.81. The lowest BCUT2D eigenvalue weighted by molar-refractivity contribution is -0.132. The zero-order valence-corrected chi connectivity index (χ0v) is 21.2. The number of hydrogen-bond acceptors (Lipinski definition) is 6. The van der Waals surface area contributed by atoms with Gasteiger partial charge in [-0.2, -0.15) is 0 Å². The van der Waals surface area contributed by atoms with E-state index in [0.717, 1.165) is 17.7 Å². The molecule has 1 aliphatic carbocycles. The van der Waals surface area contributed by atoms with Crippen LogP contribution < -0.4 is 4.74 Å². The quantitative estimate of drug-likeness (QED) is 0.353. The highest BCUT2D eigenvalue weighted by Gasteiger charge is 2.58. The lowest BCUT2D eigenvalue weighted by Gasteiger charge is -2.58. The first-order valence-electron chi connectivity index (χ1n) is 12.5. The number of carbonyl (C=O) groups excluding carboxylic acids is 2. The van der Waals surface area contributed by atoms with Crippen molar-refractivity contribution in [3.05, 3.63) is 78.4 Å². The smallest absolute Gasteiger partial charge is 0.410 e. The van der Waals surface area contributed by atoms with E-state index in [0.29, 0.717) is 44.5 Å². The third-order valence-corrected chi connectivity index (χ3v) is 7.78. The number of esters is 1. The van der Waals surface area contributed by atoms with E-state index >= 15 is 0 Å². The SMILES string of the molecule is C=CCN1CC[C@@]2(c3cccc(OC(C)=O)c3)C[C@@H](N(C)C(=O)OCc3ccccc3)CC[C@]2(O)C1. The number of amides is 1. The summed E-state index contributed by atoms with van der Waals surface area (Å²) in [6, 6.07) is 17.0. The summed E-state index contributed by atoms with van der Waals surface area (Å²) in [5.41, 5.74) is 0.273. The molecule has 0 spiro atoms. The van der Waals surface area contributed by atoms with Crippen molar-refractivity contribution in [2.24, 2.45) is 0 Å². The third-order valence-electron chi connectivity index (χ3n) is 7.78. The first-order valence-corrected chi connectivity index (χ1v) is 12.5. The van der Waals surface area contributed by atoms with E-state index in [1.165, 1.54) is 6.92 Å². The van der Waals surface area contributed by atoms with Gasteiger partial charge in [-0.3, -0.25) is 9.69 Å². The highest BCUT2D eigenvalue weighted by Crippen LogP contribution is 2.52. The summed E-state index contributed by atoms with van der Waals surface area (Å²) in [5.74, 6) is 0.0751. The zero-order valence-electron chi connectivity index (χ0n) is 21.2. The Morgan fingerprint density at radius 1 is 1.19 bits per heavy atom. The van der Waals surface area contributed by atoms with Crippen LogP contribution in [0.15, 0.2) is 67.3 Å². The highest BCUT2D eigenvalue weighted by atomic mass is 16.6. The predicted molar refractivity (Wildman–Crippen MR) is 138 cm³/mol. The summed E-state index contributed by atoms with van der Waals surface area (Å²) in [7, 11) is 1.78. The van der Waals surface area contributed by atoms with Gasteiger partial charge in [0.1, 0.15) is 12.4 Å². The number of fused-ring (bicyclic) bond motifs is 1. The van der Waals surface area contributed by atoms with E-state index in [2.05, 4.69) is 11.5 Å². The number of hydrogen-bond donors (Lipinski definition) is 1. The van der Waals surface area contributed by atoms with Gasteiger partial charge in [-0.25, -0.2) is 4.79 Å². The standard InChI is InChI=1S/C29H36N2O5/c1-4-16-31-17-15-28(24-11-8-12-26(18-24)36-22(2)32)19-25(13-14-29(28,34)21-31)30(3)27(33)35-20-23-9-6-5-7-10-23/h4-12,18,25,34H,1,13-17,19-21H2,2-3H3/t25-,28-,29-/m0/s1. The molecule has 0 bridgehead atoms. The molecule has 192 valence electrons. The molecular weight excluding hydrogens is 456 g/mol. The number of piperidine rings is 1. The van der Waals surface area contributed by atoms with Crippen LogP contribution in [0.1, 0.15) is 43.7 Å². The Hall–Kier alpha value is -3.16. The zero-order chi connectivity index (χ0) is 25.8. The van der Waals surface area contributed by atoms with Crippen LogP contribution in [-0.4, -0.2) is 65.3 Å². The molecule has 1 saturated heterocycles. The number of rotatable bonds is 7. The monoisotopic (exact) mass is 492 g/mol. The lowest BCUT2D eigenvalue weighted by atomic mass is 9.55. The van der Waals surface area contributed by atoms with Gasteiger partial charge < -0.3 is 19.5 Å². The van der Waals surface area contributed by atoms with E-state index in [1.807, 2.05) is 54.6 Å². The van der Waals surface area contributed by atoms with Crippen molar-refractivity contribution in [1.82, 2.24) is 9.80 Å². The number of benzene rings is 2. The number of β-amino-alcohol motifs (C(OH)–C–C–N with tert-alkyl or cyclic N) is 1. The van der Waals surface area contributed by atoms with E-state index in [9.17, 15) is 14.7 Å². The van der Waals surface area contributed by atoms with E-state index in [1.54, 1.807) is 18.0 Å². The molecule has 2 aromatic carbocycles. The van der Waals surface area contributed by atoms with Gasteiger partial charge in [-0.15, -0.1) is 6.58 Å². The van der Waals surface area contributed by atoms with Crippen LogP contribution in [-0.2, 0) is 21.6 Å². The van der Waals surface area contributed by atoms with Crippen molar-refractivity contribution >= 4 is 12.1 Å². The van der Waals surface area contributed by atoms with Crippen molar-refractivity contribution in [2.75, 3.05) is 26.7 Å². The summed E-state index contributed by atoms with van der Waals surface area (Å²) >= 11 is 0. The first kappa shape index (κ1) is 25.9. The highest BCUT2D eigenvalue weighted by molar-refractivity contribution is 5.69. The molecule has 4 rings (SSSR count). The van der Waals surface area contributed by atoms with Crippen molar-refractivity contribution in [1.29, 1.82) is 0 Å². The van der Waals surface area contributed by atoms with Gasteiger partial charge in [0.2, 0.25) is 0 Å². The molecule has 1 heterocycles. The molecule has 1 aliphatic heterocycles. The molecule has 0 unspecified atom stereocenters. The Morgan fingerprint density at radius 2 is 1.97 bits per heavy atom. The van der Waals surface area contributed by atoms with Crippen molar-refractivity contribution in [3.63, 3.8) is 0 Å². The second-order valence-electron chi connectivity index (χ2n) is 10.1. The number of nitrogens with zero attached hydrogens (tertiary/aromatic N) is 2. The van der Waals surface area contributed by atoms with Gasteiger partial charge in [-0.05, 0) is 55.5 Å². The molecule has 7 nitrogen and oxygen atoms in total. The maximum Gasteiger partial charge on any atom is 0.410 e. The molecular formula is C29H36N2O5. The molecule has 0 aromatic heterocycles. The van der Waals surface area contributed by atoms with Crippen LogP contribution in [0.2, 0.25) is 0 Å². The Labute approximate surface area is 213 Å². The van der Waals surface area contributed by atoms with Crippen LogP contribution in [0.5, 0.6) is 5.75 Å².